The Balaban J connectivity index is 1.93. The Labute approximate surface area is 122 Å². The monoisotopic (exact) mass is 290 g/mol. The van der Waals surface area contributed by atoms with Gasteiger partial charge in [0.1, 0.15) is 5.01 Å². The van der Waals surface area contributed by atoms with E-state index in [-0.39, 0.29) is 0 Å². The molecule has 1 unspecified atom stereocenters. The Morgan fingerprint density at radius 3 is 2.95 bits per heavy atom. The van der Waals surface area contributed by atoms with Gasteiger partial charge in [-0.15, -0.1) is 11.3 Å². The van der Waals surface area contributed by atoms with Crippen LogP contribution in [0.25, 0.3) is 10.6 Å². The van der Waals surface area contributed by atoms with Crippen LogP contribution < -0.4 is 14.8 Å². The lowest BCUT2D eigenvalue weighted by molar-refractivity contribution is 0.174. The standard InChI is InChI=1S/C15H18N2O2S/c1-4-16-9(2)14-10(3)17-15(20-14)11-5-6-12-13(7-11)19-8-18-12/h5-7,9,16H,4,8H2,1-3H3. The first-order valence-electron chi connectivity index (χ1n) is 6.79. The molecule has 0 fully saturated rings. The van der Waals surface area contributed by atoms with Crippen LogP contribution >= 0.6 is 11.3 Å². The summed E-state index contributed by atoms with van der Waals surface area (Å²) in [5.74, 6) is 1.61. The van der Waals surface area contributed by atoms with Gasteiger partial charge in [-0.2, -0.15) is 0 Å². The van der Waals surface area contributed by atoms with Gasteiger partial charge in [-0.25, -0.2) is 4.98 Å². The molecule has 0 saturated heterocycles. The first-order valence-corrected chi connectivity index (χ1v) is 7.61. The van der Waals surface area contributed by atoms with Crippen molar-refractivity contribution in [3.63, 3.8) is 0 Å². The zero-order chi connectivity index (χ0) is 14.1. The van der Waals surface area contributed by atoms with Crippen LogP contribution in [0.5, 0.6) is 11.5 Å². The van der Waals surface area contributed by atoms with Gasteiger partial charge in [0.05, 0.1) is 5.69 Å². The van der Waals surface area contributed by atoms with Crippen LogP contribution in [0.3, 0.4) is 0 Å². The van der Waals surface area contributed by atoms with Crippen molar-refractivity contribution in [2.24, 2.45) is 0 Å². The summed E-state index contributed by atoms with van der Waals surface area (Å²) in [6.45, 7) is 7.62. The molecule has 5 heteroatoms. The van der Waals surface area contributed by atoms with Crippen LogP contribution in [0.2, 0.25) is 0 Å². The molecule has 0 saturated carbocycles. The first-order chi connectivity index (χ1) is 9.69. The first kappa shape index (κ1) is 13.4. The molecule has 1 aromatic heterocycles. The lowest BCUT2D eigenvalue weighted by Crippen LogP contribution is -2.17. The molecular weight excluding hydrogens is 272 g/mol. The maximum absolute atomic E-state index is 5.43. The largest absolute Gasteiger partial charge is 0.454 e. The van der Waals surface area contributed by atoms with E-state index in [1.807, 2.05) is 18.2 Å². The predicted octanol–water partition coefficient (Wildman–Crippen LogP) is 3.52. The average molecular weight is 290 g/mol. The highest BCUT2D eigenvalue weighted by Crippen LogP contribution is 2.38. The minimum Gasteiger partial charge on any atom is -0.454 e. The van der Waals surface area contributed by atoms with Crippen molar-refractivity contribution >= 4 is 11.3 Å². The third kappa shape index (κ3) is 2.39. The van der Waals surface area contributed by atoms with Crippen molar-refractivity contribution in [2.45, 2.75) is 26.8 Å². The third-order valence-corrected chi connectivity index (χ3v) is 4.74. The molecule has 1 aromatic carbocycles. The zero-order valence-electron chi connectivity index (χ0n) is 11.9. The predicted molar refractivity (Wildman–Crippen MR) is 80.5 cm³/mol. The number of fused-ring (bicyclic) bond motifs is 1. The van der Waals surface area contributed by atoms with E-state index in [1.54, 1.807) is 11.3 Å². The van der Waals surface area contributed by atoms with Gasteiger partial charge in [-0.3, -0.25) is 0 Å². The third-order valence-electron chi connectivity index (χ3n) is 3.36. The summed E-state index contributed by atoms with van der Waals surface area (Å²) < 4.78 is 10.8. The molecule has 1 aliphatic rings. The Morgan fingerprint density at radius 2 is 2.15 bits per heavy atom. The molecule has 4 nitrogen and oxygen atoms in total. The second kappa shape index (κ2) is 5.42. The van der Waals surface area contributed by atoms with Crippen LogP contribution in [0.15, 0.2) is 18.2 Å². The number of ether oxygens (including phenoxy) is 2. The zero-order valence-corrected chi connectivity index (χ0v) is 12.7. The maximum atomic E-state index is 5.43. The summed E-state index contributed by atoms with van der Waals surface area (Å²) in [6, 6.07) is 6.32. The van der Waals surface area contributed by atoms with E-state index in [0.29, 0.717) is 12.8 Å². The van der Waals surface area contributed by atoms with Crippen LogP contribution in [0.1, 0.15) is 30.5 Å². The molecule has 0 aliphatic carbocycles. The number of nitrogens with one attached hydrogen (secondary N) is 1. The summed E-state index contributed by atoms with van der Waals surface area (Å²) in [5.41, 5.74) is 2.17. The van der Waals surface area contributed by atoms with E-state index in [0.717, 1.165) is 34.3 Å². The van der Waals surface area contributed by atoms with Crippen molar-refractivity contribution in [2.75, 3.05) is 13.3 Å². The molecule has 20 heavy (non-hydrogen) atoms. The smallest absolute Gasteiger partial charge is 0.231 e. The summed E-state index contributed by atoms with van der Waals surface area (Å²) in [4.78, 5) is 5.98. The lowest BCUT2D eigenvalue weighted by atomic mass is 10.2. The number of rotatable bonds is 4. The molecule has 106 valence electrons. The summed E-state index contributed by atoms with van der Waals surface area (Å²) >= 11 is 1.74. The number of benzene rings is 1. The van der Waals surface area contributed by atoms with Crippen molar-refractivity contribution in [1.29, 1.82) is 0 Å². The fraction of sp³-hybridized carbons (Fsp3) is 0.400. The van der Waals surface area contributed by atoms with Gasteiger partial charge in [-0.05, 0) is 38.6 Å². The van der Waals surface area contributed by atoms with Gasteiger partial charge in [0.25, 0.3) is 0 Å². The molecule has 1 N–H and O–H groups in total. The van der Waals surface area contributed by atoms with Gasteiger partial charge in [-0.1, -0.05) is 6.92 Å². The van der Waals surface area contributed by atoms with Gasteiger partial charge in [0.2, 0.25) is 6.79 Å². The maximum Gasteiger partial charge on any atom is 0.231 e. The van der Waals surface area contributed by atoms with E-state index in [9.17, 15) is 0 Å². The molecule has 0 bridgehead atoms. The van der Waals surface area contributed by atoms with Gasteiger partial charge in [0, 0.05) is 16.5 Å². The van der Waals surface area contributed by atoms with Crippen LogP contribution in [-0.2, 0) is 0 Å². The van der Waals surface area contributed by atoms with Crippen molar-refractivity contribution in [1.82, 2.24) is 10.3 Å². The van der Waals surface area contributed by atoms with Crippen molar-refractivity contribution < 1.29 is 9.47 Å². The van der Waals surface area contributed by atoms with Crippen molar-refractivity contribution in [3.05, 3.63) is 28.8 Å². The van der Waals surface area contributed by atoms with Gasteiger partial charge >= 0.3 is 0 Å². The van der Waals surface area contributed by atoms with Gasteiger partial charge < -0.3 is 14.8 Å². The molecule has 1 aliphatic heterocycles. The van der Waals surface area contributed by atoms with E-state index in [2.05, 4.69) is 26.1 Å². The minimum absolute atomic E-state index is 0.304. The molecule has 1 atom stereocenters. The Kier molecular flexibility index (Phi) is 3.63. The van der Waals surface area contributed by atoms with Crippen LogP contribution in [-0.4, -0.2) is 18.3 Å². The summed E-state index contributed by atoms with van der Waals surface area (Å²) in [5, 5.41) is 4.46. The highest BCUT2D eigenvalue weighted by atomic mass is 32.1. The molecule has 3 rings (SSSR count). The number of hydrogen-bond acceptors (Lipinski definition) is 5. The van der Waals surface area contributed by atoms with E-state index in [4.69, 9.17) is 14.5 Å². The minimum atomic E-state index is 0.304. The van der Waals surface area contributed by atoms with E-state index < -0.39 is 0 Å². The molecule has 2 aromatic rings. The number of aryl methyl sites for hydroxylation is 1. The molecule has 0 radical (unpaired) electrons. The molecular formula is C15H18N2O2S. The average Bonchev–Trinajstić information content (AvgIpc) is 3.04. The fourth-order valence-electron chi connectivity index (χ4n) is 2.36. The number of aromatic nitrogens is 1. The van der Waals surface area contributed by atoms with Gasteiger partial charge in [0.15, 0.2) is 11.5 Å². The highest BCUT2D eigenvalue weighted by Gasteiger charge is 2.18. The van der Waals surface area contributed by atoms with Crippen molar-refractivity contribution in [3.8, 4) is 22.1 Å². The summed E-state index contributed by atoms with van der Waals surface area (Å²) in [6.07, 6.45) is 0. The second-order valence-corrected chi connectivity index (χ2v) is 5.85. The Bertz CT molecular complexity index is 624. The topological polar surface area (TPSA) is 43.4 Å². The normalized spacial score (nSPS) is 14.6. The molecule has 2 heterocycles. The number of nitrogens with zero attached hydrogens (tertiary/aromatic N) is 1. The fourth-order valence-corrected chi connectivity index (χ4v) is 3.45. The lowest BCUT2D eigenvalue weighted by Gasteiger charge is -2.09. The highest BCUT2D eigenvalue weighted by molar-refractivity contribution is 7.15. The SMILES string of the molecule is CCNC(C)c1sc(-c2ccc3c(c2)OCO3)nc1C. The van der Waals surface area contributed by atoms with E-state index in [1.165, 1.54) is 4.88 Å². The Morgan fingerprint density at radius 1 is 1.35 bits per heavy atom. The second-order valence-electron chi connectivity index (χ2n) is 4.82. The number of hydrogen-bond donors (Lipinski definition) is 1. The van der Waals surface area contributed by atoms with Crippen LogP contribution in [0.4, 0.5) is 0 Å². The van der Waals surface area contributed by atoms with Crippen LogP contribution in [0, 0.1) is 6.92 Å². The molecule has 0 amide bonds. The number of thiazole rings is 1. The molecule has 0 spiro atoms. The van der Waals surface area contributed by atoms with E-state index >= 15 is 0 Å². The Hall–Kier alpha value is -1.59. The quantitative estimate of drug-likeness (QED) is 0.935. The summed E-state index contributed by atoms with van der Waals surface area (Å²) in [7, 11) is 0.